The van der Waals surface area contributed by atoms with Crippen LogP contribution in [0.1, 0.15) is 29.7 Å². The molecule has 0 aliphatic heterocycles. The third-order valence-corrected chi connectivity index (χ3v) is 3.96. The zero-order valence-electron chi connectivity index (χ0n) is 11.5. The number of nitrogens with one attached hydrogen (secondary N) is 1. The highest BCUT2D eigenvalue weighted by Crippen LogP contribution is 2.21. The molecule has 0 fully saturated rings. The number of likely N-dealkylation sites (N-methyl/N-ethyl adjacent to an activating group) is 1. The standard InChI is InChI=1S/C17H20BrN/c1-3-13-7-9-15(10-8-13)17(19-2)12-14-5-4-6-16(18)11-14/h4-11,17,19H,3,12H2,1-2H3. The van der Waals surface area contributed by atoms with Crippen molar-refractivity contribution in [3.05, 3.63) is 69.7 Å². The Balaban J connectivity index is 2.15. The predicted molar refractivity (Wildman–Crippen MR) is 85.5 cm³/mol. The van der Waals surface area contributed by atoms with Gasteiger partial charge in [0.05, 0.1) is 0 Å². The summed E-state index contributed by atoms with van der Waals surface area (Å²) < 4.78 is 1.14. The first kappa shape index (κ1) is 14.3. The van der Waals surface area contributed by atoms with Gasteiger partial charge < -0.3 is 5.32 Å². The lowest BCUT2D eigenvalue weighted by Crippen LogP contribution is -2.18. The van der Waals surface area contributed by atoms with Crippen molar-refractivity contribution in [1.29, 1.82) is 0 Å². The van der Waals surface area contributed by atoms with Crippen molar-refractivity contribution in [3.63, 3.8) is 0 Å². The van der Waals surface area contributed by atoms with Gasteiger partial charge in [-0.2, -0.15) is 0 Å². The Labute approximate surface area is 124 Å². The van der Waals surface area contributed by atoms with E-state index >= 15 is 0 Å². The molecule has 0 radical (unpaired) electrons. The van der Waals surface area contributed by atoms with Gasteiger partial charge in [0.2, 0.25) is 0 Å². The minimum Gasteiger partial charge on any atom is -0.313 e. The van der Waals surface area contributed by atoms with Crippen LogP contribution in [0.3, 0.4) is 0 Å². The van der Waals surface area contributed by atoms with E-state index in [1.165, 1.54) is 16.7 Å². The van der Waals surface area contributed by atoms with Crippen molar-refractivity contribution in [2.75, 3.05) is 7.05 Å². The number of aryl methyl sites for hydroxylation is 1. The van der Waals surface area contributed by atoms with Crippen molar-refractivity contribution < 1.29 is 0 Å². The molecule has 0 spiro atoms. The van der Waals surface area contributed by atoms with Crippen molar-refractivity contribution >= 4 is 15.9 Å². The van der Waals surface area contributed by atoms with E-state index in [9.17, 15) is 0 Å². The number of benzene rings is 2. The van der Waals surface area contributed by atoms with Crippen LogP contribution in [0.4, 0.5) is 0 Å². The third-order valence-electron chi connectivity index (χ3n) is 3.47. The molecule has 0 aliphatic rings. The Kier molecular flexibility index (Phi) is 5.17. The summed E-state index contributed by atoms with van der Waals surface area (Å²) in [7, 11) is 2.02. The molecule has 1 N–H and O–H groups in total. The Hall–Kier alpha value is -1.12. The topological polar surface area (TPSA) is 12.0 Å². The molecule has 0 aromatic heterocycles. The fourth-order valence-electron chi connectivity index (χ4n) is 2.27. The van der Waals surface area contributed by atoms with Gasteiger partial charge in [-0.15, -0.1) is 0 Å². The Morgan fingerprint density at radius 1 is 1.05 bits per heavy atom. The lowest BCUT2D eigenvalue weighted by atomic mass is 9.98. The Bertz CT molecular complexity index is 519. The van der Waals surface area contributed by atoms with Gasteiger partial charge in [0.1, 0.15) is 0 Å². The molecule has 0 amide bonds. The summed E-state index contributed by atoms with van der Waals surface area (Å²) in [5.74, 6) is 0. The van der Waals surface area contributed by atoms with Gasteiger partial charge in [0, 0.05) is 10.5 Å². The normalized spacial score (nSPS) is 12.4. The van der Waals surface area contributed by atoms with E-state index in [2.05, 4.69) is 76.7 Å². The van der Waals surface area contributed by atoms with E-state index in [4.69, 9.17) is 0 Å². The zero-order valence-corrected chi connectivity index (χ0v) is 13.1. The molecule has 2 heteroatoms. The van der Waals surface area contributed by atoms with Crippen molar-refractivity contribution in [2.45, 2.75) is 25.8 Å². The highest BCUT2D eigenvalue weighted by Gasteiger charge is 2.10. The zero-order chi connectivity index (χ0) is 13.7. The maximum atomic E-state index is 3.53. The van der Waals surface area contributed by atoms with Crippen LogP contribution in [0, 0.1) is 0 Å². The van der Waals surface area contributed by atoms with Crippen molar-refractivity contribution in [2.24, 2.45) is 0 Å². The van der Waals surface area contributed by atoms with E-state index in [1.54, 1.807) is 0 Å². The first-order valence-corrected chi connectivity index (χ1v) is 7.52. The average Bonchev–Trinajstić information content (AvgIpc) is 2.45. The highest BCUT2D eigenvalue weighted by molar-refractivity contribution is 9.10. The fraction of sp³-hybridized carbons (Fsp3) is 0.294. The van der Waals surface area contributed by atoms with Crippen LogP contribution in [-0.2, 0) is 12.8 Å². The SMILES string of the molecule is CCc1ccc(C(Cc2cccc(Br)c2)NC)cc1. The van der Waals surface area contributed by atoms with E-state index in [1.807, 2.05) is 7.05 Å². The van der Waals surface area contributed by atoms with Gasteiger partial charge in [0.15, 0.2) is 0 Å². The van der Waals surface area contributed by atoms with E-state index < -0.39 is 0 Å². The van der Waals surface area contributed by atoms with Crippen molar-refractivity contribution in [3.8, 4) is 0 Å². The highest BCUT2D eigenvalue weighted by atomic mass is 79.9. The lowest BCUT2D eigenvalue weighted by Gasteiger charge is -2.17. The van der Waals surface area contributed by atoms with Gasteiger partial charge in [-0.1, -0.05) is 59.3 Å². The summed E-state index contributed by atoms with van der Waals surface area (Å²) in [6.07, 6.45) is 2.09. The van der Waals surface area contributed by atoms with Crippen LogP contribution in [0.2, 0.25) is 0 Å². The molecule has 1 unspecified atom stereocenters. The summed E-state index contributed by atoms with van der Waals surface area (Å²) in [6, 6.07) is 17.8. The molecule has 100 valence electrons. The molecule has 0 saturated heterocycles. The molecule has 2 aromatic rings. The van der Waals surface area contributed by atoms with Gasteiger partial charge in [-0.25, -0.2) is 0 Å². The number of hydrogen-bond donors (Lipinski definition) is 1. The smallest absolute Gasteiger partial charge is 0.0358 e. The van der Waals surface area contributed by atoms with Crippen LogP contribution in [0.15, 0.2) is 53.0 Å². The first-order chi connectivity index (χ1) is 9.22. The number of halogens is 1. The molecule has 1 nitrogen and oxygen atoms in total. The number of hydrogen-bond acceptors (Lipinski definition) is 1. The van der Waals surface area contributed by atoms with Crippen LogP contribution < -0.4 is 5.32 Å². The predicted octanol–water partition coefficient (Wildman–Crippen LogP) is 4.51. The van der Waals surface area contributed by atoms with Crippen LogP contribution in [-0.4, -0.2) is 7.05 Å². The van der Waals surface area contributed by atoms with Gasteiger partial charge >= 0.3 is 0 Å². The van der Waals surface area contributed by atoms with Crippen LogP contribution in [0.5, 0.6) is 0 Å². The van der Waals surface area contributed by atoms with Gasteiger partial charge in [-0.3, -0.25) is 0 Å². The molecule has 0 heterocycles. The molecule has 2 aromatic carbocycles. The van der Waals surface area contributed by atoms with E-state index in [0.717, 1.165) is 17.3 Å². The minimum absolute atomic E-state index is 0.361. The molecule has 0 bridgehead atoms. The van der Waals surface area contributed by atoms with Crippen LogP contribution >= 0.6 is 15.9 Å². The van der Waals surface area contributed by atoms with Gasteiger partial charge in [0.25, 0.3) is 0 Å². The maximum Gasteiger partial charge on any atom is 0.0358 e. The largest absolute Gasteiger partial charge is 0.313 e. The molecular weight excluding hydrogens is 298 g/mol. The van der Waals surface area contributed by atoms with Gasteiger partial charge in [-0.05, 0) is 48.7 Å². The van der Waals surface area contributed by atoms with E-state index in [-0.39, 0.29) is 0 Å². The quantitative estimate of drug-likeness (QED) is 0.855. The molecule has 0 saturated carbocycles. The van der Waals surface area contributed by atoms with E-state index in [0.29, 0.717) is 6.04 Å². The third kappa shape index (κ3) is 3.92. The molecular formula is C17H20BrN. The second-order valence-electron chi connectivity index (χ2n) is 4.77. The second kappa shape index (κ2) is 6.88. The van der Waals surface area contributed by atoms with Crippen molar-refractivity contribution in [1.82, 2.24) is 5.32 Å². The van der Waals surface area contributed by atoms with Crippen LogP contribution in [0.25, 0.3) is 0 Å². The fourth-order valence-corrected chi connectivity index (χ4v) is 2.72. The monoisotopic (exact) mass is 317 g/mol. The summed E-state index contributed by atoms with van der Waals surface area (Å²) >= 11 is 3.53. The molecule has 0 aliphatic carbocycles. The lowest BCUT2D eigenvalue weighted by molar-refractivity contribution is 0.592. The maximum absolute atomic E-state index is 3.53. The summed E-state index contributed by atoms with van der Waals surface area (Å²) in [6.45, 7) is 2.19. The summed E-state index contributed by atoms with van der Waals surface area (Å²) in [5, 5.41) is 3.41. The minimum atomic E-state index is 0.361. The average molecular weight is 318 g/mol. The first-order valence-electron chi connectivity index (χ1n) is 6.73. The summed E-state index contributed by atoms with van der Waals surface area (Å²) in [4.78, 5) is 0. The number of rotatable bonds is 5. The Morgan fingerprint density at radius 3 is 2.37 bits per heavy atom. The summed E-state index contributed by atoms with van der Waals surface area (Å²) in [5.41, 5.74) is 4.08. The molecule has 19 heavy (non-hydrogen) atoms. The molecule has 1 atom stereocenters. The Morgan fingerprint density at radius 2 is 1.79 bits per heavy atom. The molecule has 2 rings (SSSR count). The second-order valence-corrected chi connectivity index (χ2v) is 5.69.